The van der Waals surface area contributed by atoms with Gasteiger partial charge < -0.3 is 4.42 Å². The van der Waals surface area contributed by atoms with Gasteiger partial charge in [-0.25, -0.2) is 13.6 Å². The fourth-order valence-electron chi connectivity index (χ4n) is 2.34. The Balaban J connectivity index is 2.16. The number of hydrogen-bond acceptors (Lipinski definition) is 5. The summed E-state index contributed by atoms with van der Waals surface area (Å²) in [6, 6.07) is 6.56. The maximum absolute atomic E-state index is 12.3. The van der Waals surface area contributed by atoms with Crippen molar-refractivity contribution in [2.24, 2.45) is 11.1 Å². The molecule has 0 bridgehead atoms. The van der Waals surface area contributed by atoms with Crippen LogP contribution >= 0.6 is 11.3 Å². The Labute approximate surface area is 134 Å². The lowest BCUT2D eigenvalue weighted by Gasteiger charge is -2.16. The van der Waals surface area contributed by atoms with Crippen LogP contribution in [0.4, 0.5) is 0 Å². The number of rotatable bonds is 7. The zero-order valence-electron chi connectivity index (χ0n) is 12.5. The second-order valence-electron chi connectivity index (χ2n) is 5.63. The zero-order chi connectivity index (χ0) is 16.3. The van der Waals surface area contributed by atoms with Crippen molar-refractivity contribution in [2.45, 2.75) is 37.7 Å². The highest BCUT2D eigenvalue weighted by atomic mass is 32.2. The molecule has 0 aliphatic heterocycles. The van der Waals surface area contributed by atoms with E-state index in [1.807, 2.05) is 17.5 Å². The van der Waals surface area contributed by atoms with Crippen LogP contribution in [-0.2, 0) is 10.0 Å². The second kappa shape index (κ2) is 6.76. The molecule has 2 heterocycles. The topological polar surface area (TPSA) is 90.4 Å². The lowest BCUT2D eigenvalue weighted by Crippen LogP contribution is -2.11. The molecule has 0 saturated carbocycles. The molecule has 0 aromatic carbocycles. The van der Waals surface area contributed by atoms with Crippen molar-refractivity contribution >= 4 is 27.1 Å². The molecule has 0 fully saturated rings. The molecule has 5 nitrogen and oxygen atoms in total. The molecule has 0 radical (unpaired) electrons. The normalized spacial score (nSPS) is 13.5. The van der Waals surface area contributed by atoms with Gasteiger partial charge in [-0.2, -0.15) is 0 Å². The van der Waals surface area contributed by atoms with E-state index in [0.29, 0.717) is 5.92 Å². The van der Waals surface area contributed by atoms with E-state index in [1.165, 1.54) is 12.1 Å². The van der Waals surface area contributed by atoms with E-state index in [9.17, 15) is 13.2 Å². The standard InChI is InChI=1S/C15H19NO4S2/c1-10(2)8-11(14-4-3-7-21-14)9-12(17)13-5-6-15(20-13)22(16,18)19/h3-7,10-11H,8-9H2,1-2H3,(H2,16,18,19). The van der Waals surface area contributed by atoms with Gasteiger partial charge in [0.1, 0.15) is 0 Å². The van der Waals surface area contributed by atoms with Crippen molar-refractivity contribution in [3.8, 4) is 0 Å². The van der Waals surface area contributed by atoms with Crippen LogP contribution in [0.1, 0.15) is 48.0 Å². The number of thiophene rings is 1. The molecule has 1 atom stereocenters. The summed E-state index contributed by atoms with van der Waals surface area (Å²) in [5, 5.41) is 6.59. The van der Waals surface area contributed by atoms with Crippen LogP contribution in [0, 0.1) is 5.92 Å². The van der Waals surface area contributed by atoms with Crippen LogP contribution in [-0.4, -0.2) is 14.2 Å². The van der Waals surface area contributed by atoms with E-state index < -0.39 is 10.0 Å². The minimum atomic E-state index is -3.92. The van der Waals surface area contributed by atoms with Gasteiger partial charge in [0.05, 0.1) is 0 Å². The Morgan fingerprint density at radius 3 is 2.55 bits per heavy atom. The summed E-state index contributed by atoms with van der Waals surface area (Å²) in [5.74, 6) is 0.385. The number of primary sulfonamides is 1. The number of carbonyl (C=O) groups is 1. The van der Waals surface area contributed by atoms with Gasteiger partial charge in [0, 0.05) is 17.2 Å². The van der Waals surface area contributed by atoms with E-state index in [1.54, 1.807) is 11.3 Å². The number of furan rings is 1. The van der Waals surface area contributed by atoms with Gasteiger partial charge in [-0.3, -0.25) is 4.79 Å². The molecular weight excluding hydrogens is 322 g/mol. The first-order valence-electron chi connectivity index (χ1n) is 6.96. The third-order valence-electron chi connectivity index (χ3n) is 3.27. The zero-order valence-corrected chi connectivity index (χ0v) is 14.1. The Morgan fingerprint density at radius 1 is 1.32 bits per heavy atom. The van der Waals surface area contributed by atoms with Crippen molar-refractivity contribution in [1.82, 2.24) is 0 Å². The quantitative estimate of drug-likeness (QED) is 0.782. The molecule has 120 valence electrons. The molecule has 7 heteroatoms. The van der Waals surface area contributed by atoms with Gasteiger partial charge in [-0.1, -0.05) is 19.9 Å². The van der Waals surface area contributed by atoms with Gasteiger partial charge in [0.25, 0.3) is 10.0 Å². The Bertz CT molecular complexity index is 729. The highest BCUT2D eigenvalue weighted by molar-refractivity contribution is 7.89. The monoisotopic (exact) mass is 341 g/mol. The van der Waals surface area contributed by atoms with Gasteiger partial charge in [-0.15, -0.1) is 11.3 Å². The molecule has 2 rings (SSSR count). The van der Waals surface area contributed by atoms with Crippen molar-refractivity contribution in [3.05, 3.63) is 40.3 Å². The maximum atomic E-state index is 12.3. The predicted molar refractivity (Wildman–Crippen MR) is 85.5 cm³/mol. The fraction of sp³-hybridized carbons (Fsp3) is 0.400. The minimum absolute atomic E-state index is 0.0364. The summed E-state index contributed by atoms with van der Waals surface area (Å²) in [5.41, 5.74) is 0. The number of carbonyl (C=O) groups excluding carboxylic acids is 1. The lowest BCUT2D eigenvalue weighted by atomic mass is 9.90. The first-order valence-corrected chi connectivity index (χ1v) is 9.39. The molecule has 0 spiro atoms. The molecule has 0 aliphatic rings. The molecule has 0 amide bonds. The van der Waals surface area contributed by atoms with Crippen LogP contribution in [0.15, 0.2) is 39.2 Å². The minimum Gasteiger partial charge on any atom is -0.440 e. The van der Waals surface area contributed by atoms with Crippen molar-refractivity contribution in [1.29, 1.82) is 0 Å². The first kappa shape index (κ1) is 16.9. The molecule has 1 unspecified atom stereocenters. The second-order valence-corrected chi connectivity index (χ2v) is 8.10. The summed E-state index contributed by atoms with van der Waals surface area (Å²) in [6.45, 7) is 4.22. The van der Waals surface area contributed by atoms with Crippen LogP contribution in [0.3, 0.4) is 0 Å². The molecule has 2 N–H and O–H groups in total. The predicted octanol–water partition coefficient (Wildman–Crippen LogP) is 3.39. The summed E-state index contributed by atoms with van der Waals surface area (Å²) >= 11 is 1.62. The Hall–Kier alpha value is -1.44. The van der Waals surface area contributed by atoms with Crippen LogP contribution in [0.5, 0.6) is 0 Å². The molecule has 22 heavy (non-hydrogen) atoms. The van der Waals surface area contributed by atoms with Gasteiger partial charge in [0.2, 0.25) is 5.09 Å². The number of Topliss-reactive ketones (excluding diaryl/α,β-unsaturated/α-hetero) is 1. The van der Waals surface area contributed by atoms with E-state index in [-0.39, 0.29) is 29.0 Å². The maximum Gasteiger partial charge on any atom is 0.271 e. The summed E-state index contributed by atoms with van der Waals surface area (Å²) in [6.07, 6.45) is 1.17. The smallest absolute Gasteiger partial charge is 0.271 e. The van der Waals surface area contributed by atoms with E-state index >= 15 is 0 Å². The van der Waals surface area contributed by atoms with Crippen LogP contribution in [0.2, 0.25) is 0 Å². The average Bonchev–Trinajstić information content (AvgIpc) is 3.08. The van der Waals surface area contributed by atoms with Crippen LogP contribution in [0.25, 0.3) is 0 Å². The third kappa shape index (κ3) is 4.28. The largest absolute Gasteiger partial charge is 0.440 e. The van der Waals surface area contributed by atoms with Gasteiger partial charge >= 0.3 is 0 Å². The molecule has 2 aromatic heterocycles. The van der Waals surface area contributed by atoms with Crippen molar-refractivity contribution in [3.63, 3.8) is 0 Å². The highest BCUT2D eigenvalue weighted by Gasteiger charge is 2.23. The Morgan fingerprint density at radius 2 is 2.05 bits per heavy atom. The van der Waals surface area contributed by atoms with E-state index in [0.717, 1.165) is 11.3 Å². The van der Waals surface area contributed by atoms with Gasteiger partial charge in [-0.05, 0) is 35.9 Å². The number of ketones is 1. The number of sulfonamides is 1. The van der Waals surface area contributed by atoms with Crippen LogP contribution < -0.4 is 5.14 Å². The molecule has 0 saturated heterocycles. The summed E-state index contributed by atoms with van der Waals surface area (Å²) < 4.78 is 27.5. The van der Waals surface area contributed by atoms with E-state index in [4.69, 9.17) is 9.56 Å². The van der Waals surface area contributed by atoms with Crippen molar-refractivity contribution < 1.29 is 17.6 Å². The third-order valence-corrected chi connectivity index (χ3v) is 5.08. The summed E-state index contributed by atoms with van der Waals surface area (Å²) in [4.78, 5) is 13.5. The first-order chi connectivity index (χ1) is 10.3. The summed E-state index contributed by atoms with van der Waals surface area (Å²) in [7, 11) is -3.92. The molecule has 0 aliphatic carbocycles. The van der Waals surface area contributed by atoms with Crippen molar-refractivity contribution in [2.75, 3.05) is 0 Å². The van der Waals surface area contributed by atoms with E-state index in [2.05, 4.69) is 13.8 Å². The number of hydrogen-bond donors (Lipinski definition) is 1. The SMILES string of the molecule is CC(C)CC(CC(=O)c1ccc(S(N)(=O)=O)o1)c1cccs1. The Kier molecular flexibility index (Phi) is 5.20. The lowest BCUT2D eigenvalue weighted by molar-refractivity contribution is 0.0938. The number of nitrogens with two attached hydrogens (primary N) is 1. The molecule has 2 aromatic rings. The molecular formula is C15H19NO4S2. The fourth-order valence-corrected chi connectivity index (χ4v) is 3.65. The highest BCUT2D eigenvalue weighted by Crippen LogP contribution is 2.32. The van der Waals surface area contributed by atoms with Gasteiger partial charge in [0.15, 0.2) is 11.5 Å². The average molecular weight is 341 g/mol.